The molecule has 0 aliphatic carbocycles. The van der Waals surface area contributed by atoms with Crippen molar-refractivity contribution in [3.8, 4) is 0 Å². The molecule has 0 bridgehead atoms. The van der Waals surface area contributed by atoms with Crippen LogP contribution in [-0.4, -0.2) is 103 Å². The van der Waals surface area contributed by atoms with E-state index in [2.05, 4.69) is 14.2 Å². The molecule has 0 aromatic carbocycles. The largest absolute Gasteiger partial charge is 0.389 e. The minimum absolute atomic E-state index is 1.06. The Kier molecular flexibility index (Phi) is 18.7. The van der Waals surface area contributed by atoms with Crippen LogP contribution in [0, 0.1) is 0 Å². The summed E-state index contributed by atoms with van der Waals surface area (Å²) in [6.45, 7) is 6.99. The summed E-state index contributed by atoms with van der Waals surface area (Å²) >= 11 is 0. The molecule has 0 aliphatic heterocycles. The van der Waals surface area contributed by atoms with E-state index in [9.17, 15) is 28.8 Å². The second-order valence-corrected chi connectivity index (χ2v) is 6.28. The second-order valence-electron chi connectivity index (χ2n) is 6.28. The van der Waals surface area contributed by atoms with Crippen LogP contribution >= 0.6 is 0 Å². The van der Waals surface area contributed by atoms with Gasteiger partial charge in [-0.2, -0.15) is 0 Å². The van der Waals surface area contributed by atoms with Crippen molar-refractivity contribution in [3.63, 3.8) is 0 Å². The number of rotatable bonds is 6. The van der Waals surface area contributed by atoms with E-state index >= 15 is 0 Å². The van der Waals surface area contributed by atoms with Gasteiger partial charge in [0, 0.05) is 0 Å². The van der Waals surface area contributed by atoms with Gasteiger partial charge in [-0.3, -0.25) is 0 Å². The Labute approximate surface area is 188 Å². The molecule has 0 saturated heterocycles. The van der Waals surface area contributed by atoms with Crippen molar-refractivity contribution in [3.05, 3.63) is 0 Å². The van der Waals surface area contributed by atoms with E-state index in [4.69, 9.17) is 30.6 Å². The van der Waals surface area contributed by atoms with Crippen molar-refractivity contribution in [2.75, 3.05) is 0 Å². The average Bonchev–Trinajstić information content (AvgIpc) is 2.67. The molecule has 0 heterocycles. The van der Waals surface area contributed by atoms with Crippen molar-refractivity contribution < 1.29 is 73.6 Å². The first-order valence-corrected chi connectivity index (χ1v) is 9.19. The summed E-state index contributed by atoms with van der Waals surface area (Å²) in [6, 6.07) is 0. The van der Waals surface area contributed by atoms with E-state index in [0.717, 1.165) is 41.5 Å². The fraction of sp³-hybridized carbons (Fsp3) is 0.667. The van der Waals surface area contributed by atoms with E-state index in [0.29, 0.717) is 0 Å². The van der Waals surface area contributed by atoms with E-state index in [1.807, 2.05) is 0 Å². The Balaban J connectivity index is -0.000000409. The van der Waals surface area contributed by atoms with Gasteiger partial charge in [0.1, 0.15) is 36.6 Å². The maximum Gasteiger partial charge on any atom is 0.342 e. The molecule has 0 aromatic heterocycles. The lowest BCUT2D eigenvalue weighted by atomic mass is 10.4. The van der Waals surface area contributed by atoms with Gasteiger partial charge in [0.05, 0.1) is 0 Å². The Morgan fingerprint density at radius 2 is 0.455 bits per heavy atom. The summed E-state index contributed by atoms with van der Waals surface area (Å²) in [5.74, 6) is -6.36. The predicted octanol–water partition coefficient (Wildman–Crippen LogP) is -3.55. The van der Waals surface area contributed by atoms with Crippen LogP contribution in [0.1, 0.15) is 41.5 Å². The minimum atomic E-state index is -1.35. The first-order valence-electron chi connectivity index (χ1n) is 9.19. The van der Waals surface area contributed by atoms with Gasteiger partial charge < -0.3 is 44.8 Å². The summed E-state index contributed by atoms with van der Waals surface area (Å²) in [7, 11) is 0. The maximum atomic E-state index is 10.5. The highest BCUT2D eigenvalue weighted by Gasteiger charge is 2.20. The van der Waals surface area contributed by atoms with Crippen LogP contribution in [0.2, 0.25) is 0 Å². The first-order chi connectivity index (χ1) is 14.8. The van der Waals surface area contributed by atoms with Crippen molar-refractivity contribution in [1.29, 1.82) is 0 Å². The lowest BCUT2D eigenvalue weighted by molar-refractivity contribution is -0.171. The average molecular weight is 486 g/mol. The molecule has 192 valence electrons. The van der Waals surface area contributed by atoms with Crippen molar-refractivity contribution in [2.24, 2.45) is 0 Å². The molecule has 6 unspecified atom stereocenters. The predicted molar refractivity (Wildman–Crippen MR) is 103 cm³/mol. The van der Waals surface area contributed by atoms with Crippen molar-refractivity contribution >= 4 is 35.8 Å². The quantitative estimate of drug-likeness (QED) is 0.121. The number of carbonyl (C=O) groups excluding carboxylic acids is 6. The van der Waals surface area contributed by atoms with E-state index in [-0.39, 0.29) is 0 Å². The van der Waals surface area contributed by atoms with Gasteiger partial charge >= 0.3 is 35.8 Å². The van der Waals surface area contributed by atoms with E-state index < -0.39 is 72.4 Å². The number of ether oxygens (including phenoxy) is 3. The zero-order chi connectivity index (χ0) is 27.0. The van der Waals surface area contributed by atoms with Gasteiger partial charge in [-0.25, -0.2) is 28.8 Å². The molecule has 15 nitrogen and oxygen atoms in total. The SMILES string of the molecule is CC(O)C(=O)OC(=O)C(C)O.CC(O)C(=O)OC(=O)C(C)O.CC(O)C(=O)OC(=O)C(C)O. The highest BCUT2D eigenvalue weighted by atomic mass is 16.6. The molecule has 0 spiro atoms. The van der Waals surface area contributed by atoms with Gasteiger partial charge in [-0.1, -0.05) is 0 Å². The molecule has 33 heavy (non-hydrogen) atoms. The summed E-state index contributed by atoms with van der Waals surface area (Å²) < 4.78 is 12.0. The Morgan fingerprint density at radius 1 is 0.364 bits per heavy atom. The van der Waals surface area contributed by atoms with Gasteiger partial charge in [-0.05, 0) is 41.5 Å². The molecular weight excluding hydrogens is 456 g/mol. The van der Waals surface area contributed by atoms with Gasteiger partial charge in [-0.15, -0.1) is 0 Å². The third-order valence-corrected chi connectivity index (χ3v) is 2.65. The molecule has 0 radical (unpaired) electrons. The van der Waals surface area contributed by atoms with E-state index in [1.54, 1.807) is 0 Å². The summed E-state index contributed by atoms with van der Waals surface area (Å²) in [5.41, 5.74) is 0. The lowest BCUT2D eigenvalue weighted by Gasteiger charge is -2.05. The molecule has 0 fully saturated rings. The number of aliphatic hydroxyl groups is 6. The van der Waals surface area contributed by atoms with Crippen LogP contribution in [0.15, 0.2) is 0 Å². The van der Waals surface area contributed by atoms with Gasteiger partial charge in [0.2, 0.25) is 0 Å². The van der Waals surface area contributed by atoms with Crippen molar-refractivity contribution in [1.82, 2.24) is 0 Å². The normalized spacial score (nSPS) is 15.3. The molecule has 0 saturated carbocycles. The number of hydrogen-bond acceptors (Lipinski definition) is 15. The first kappa shape index (κ1) is 34.8. The van der Waals surface area contributed by atoms with E-state index in [1.165, 1.54) is 0 Å². The van der Waals surface area contributed by atoms with Crippen molar-refractivity contribution in [2.45, 2.75) is 78.2 Å². The zero-order valence-corrected chi connectivity index (χ0v) is 18.8. The fourth-order valence-electron chi connectivity index (χ4n) is 0.809. The number of hydrogen-bond donors (Lipinski definition) is 6. The molecule has 0 rings (SSSR count). The van der Waals surface area contributed by atoms with Gasteiger partial charge in [0.15, 0.2) is 0 Å². The lowest BCUT2D eigenvalue weighted by Crippen LogP contribution is -2.28. The second kappa shape index (κ2) is 17.7. The molecule has 6 atom stereocenters. The number of esters is 6. The Hall–Kier alpha value is -2.82. The molecule has 0 aliphatic rings. The molecule has 15 heteroatoms. The van der Waals surface area contributed by atoms with Crippen LogP contribution in [0.4, 0.5) is 0 Å². The molecule has 0 aromatic rings. The van der Waals surface area contributed by atoms with Crippen LogP contribution in [0.5, 0.6) is 0 Å². The highest BCUT2D eigenvalue weighted by Crippen LogP contribution is 1.93. The third kappa shape index (κ3) is 19.6. The zero-order valence-electron chi connectivity index (χ0n) is 18.8. The molecule has 6 N–H and O–H groups in total. The summed E-state index contributed by atoms with van der Waals surface area (Å²) in [6.07, 6.45) is -8.10. The summed E-state index contributed by atoms with van der Waals surface area (Å²) in [4.78, 5) is 62.7. The fourth-order valence-corrected chi connectivity index (χ4v) is 0.809. The smallest absolute Gasteiger partial charge is 0.342 e. The molecule has 0 amide bonds. The Bertz CT molecular complexity index is 517. The summed E-state index contributed by atoms with van der Waals surface area (Å²) in [5, 5.41) is 51.3. The van der Waals surface area contributed by atoms with Crippen LogP contribution < -0.4 is 0 Å². The minimum Gasteiger partial charge on any atom is -0.389 e. The molecular formula is C18H30O15. The van der Waals surface area contributed by atoms with Crippen LogP contribution in [0.3, 0.4) is 0 Å². The topological polar surface area (TPSA) is 251 Å². The standard InChI is InChI=1S/3C6H10O5/c3*1-3(7)5(9)11-6(10)4(2)8/h3*3-4,7-8H,1-2H3. The number of carbonyl (C=O) groups is 6. The Morgan fingerprint density at radius 3 is 0.515 bits per heavy atom. The van der Waals surface area contributed by atoms with Gasteiger partial charge in [0.25, 0.3) is 0 Å². The van der Waals surface area contributed by atoms with Crippen LogP contribution in [0.25, 0.3) is 0 Å². The maximum absolute atomic E-state index is 10.5. The third-order valence-electron chi connectivity index (χ3n) is 2.65. The highest BCUT2D eigenvalue weighted by molar-refractivity contribution is 5.90. The monoisotopic (exact) mass is 486 g/mol. The van der Waals surface area contributed by atoms with Crippen LogP contribution in [-0.2, 0) is 43.0 Å². The number of aliphatic hydroxyl groups excluding tert-OH is 6.